The second-order valence-corrected chi connectivity index (χ2v) is 3.43. The van der Waals surface area contributed by atoms with Crippen LogP contribution in [0.25, 0.3) is 0 Å². The zero-order chi connectivity index (χ0) is 7.45. The highest BCUT2D eigenvalue weighted by molar-refractivity contribution is 7.80. The van der Waals surface area contributed by atoms with Crippen LogP contribution in [0.1, 0.15) is 19.3 Å². The molecule has 0 saturated carbocycles. The third kappa shape index (κ3) is 2.15. The van der Waals surface area contributed by atoms with Crippen molar-refractivity contribution >= 4 is 12.6 Å². The minimum Gasteiger partial charge on any atom is -0.389 e. The van der Waals surface area contributed by atoms with Crippen molar-refractivity contribution in [2.24, 2.45) is 0 Å². The van der Waals surface area contributed by atoms with Gasteiger partial charge >= 0.3 is 0 Å². The molecule has 1 atom stereocenters. The van der Waals surface area contributed by atoms with Gasteiger partial charge in [-0.05, 0) is 31.6 Å². The lowest BCUT2D eigenvalue weighted by Crippen LogP contribution is -2.45. The van der Waals surface area contributed by atoms with E-state index < -0.39 is 5.60 Å². The highest BCUT2D eigenvalue weighted by Gasteiger charge is 2.27. The minimum absolute atomic E-state index is 0.458. The Morgan fingerprint density at radius 3 is 2.90 bits per heavy atom. The molecule has 0 amide bonds. The van der Waals surface area contributed by atoms with Gasteiger partial charge in [0.05, 0.1) is 5.60 Å². The van der Waals surface area contributed by atoms with Crippen molar-refractivity contribution in [3.05, 3.63) is 0 Å². The predicted molar refractivity (Wildman–Crippen MR) is 45.5 cm³/mol. The summed E-state index contributed by atoms with van der Waals surface area (Å²) in [7, 11) is 0. The van der Waals surface area contributed by atoms with Crippen LogP contribution in [0.3, 0.4) is 0 Å². The molecule has 0 bridgehead atoms. The Kier molecular flexibility index (Phi) is 3.01. The lowest BCUT2D eigenvalue weighted by Gasteiger charge is -2.32. The van der Waals surface area contributed by atoms with Crippen molar-refractivity contribution in [3.63, 3.8) is 0 Å². The molecule has 0 aromatic rings. The van der Waals surface area contributed by atoms with E-state index in [0.29, 0.717) is 0 Å². The normalized spacial score (nSPS) is 34.2. The molecule has 0 aromatic heterocycles. The highest BCUT2D eigenvalue weighted by Crippen LogP contribution is 2.19. The molecule has 1 aliphatic rings. The van der Waals surface area contributed by atoms with E-state index in [9.17, 15) is 5.11 Å². The number of β-amino-alcohol motifs (C(OH)–C–C–N with tert-alkyl or cyclic N) is 1. The van der Waals surface area contributed by atoms with Crippen molar-refractivity contribution in [1.29, 1.82) is 0 Å². The molecule has 0 aliphatic carbocycles. The zero-order valence-electron chi connectivity index (χ0n) is 6.14. The Morgan fingerprint density at radius 2 is 2.40 bits per heavy atom. The van der Waals surface area contributed by atoms with Gasteiger partial charge in [0.1, 0.15) is 0 Å². The fourth-order valence-corrected chi connectivity index (χ4v) is 1.79. The van der Waals surface area contributed by atoms with Gasteiger partial charge in [-0.2, -0.15) is 12.6 Å². The summed E-state index contributed by atoms with van der Waals surface area (Å²) >= 11 is 4.10. The monoisotopic (exact) mass is 161 g/mol. The first-order valence-corrected chi connectivity index (χ1v) is 4.44. The molecule has 1 aliphatic heterocycles. The Bertz CT molecular complexity index is 96.3. The molecular formula is C7H15NOS. The van der Waals surface area contributed by atoms with Crippen LogP contribution in [0.2, 0.25) is 0 Å². The summed E-state index contributed by atoms with van der Waals surface area (Å²) in [5.74, 6) is 0.776. The number of rotatable bonds is 2. The molecule has 1 heterocycles. The molecule has 0 aromatic carbocycles. The van der Waals surface area contributed by atoms with Gasteiger partial charge in [-0.3, -0.25) is 0 Å². The fraction of sp³-hybridized carbons (Fsp3) is 1.00. The average Bonchev–Trinajstić information content (AvgIpc) is 1.89. The van der Waals surface area contributed by atoms with Gasteiger partial charge in [0.15, 0.2) is 0 Å². The topological polar surface area (TPSA) is 32.3 Å². The Balaban J connectivity index is 2.32. The van der Waals surface area contributed by atoms with Crippen molar-refractivity contribution in [1.82, 2.24) is 5.32 Å². The Hall–Kier alpha value is 0.270. The van der Waals surface area contributed by atoms with Crippen LogP contribution in [0.5, 0.6) is 0 Å². The molecule has 1 unspecified atom stereocenters. The quantitative estimate of drug-likeness (QED) is 0.513. The SMILES string of the molecule is OC1(CCS)CCCNC1. The van der Waals surface area contributed by atoms with Crippen LogP contribution in [0.15, 0.2) is 0 Å². The molecule has 3 heteroatoms. The van der Waals surface area contributed by atoms with Crippen LogP contribution < -0.4 is 5.32 Å². The van der Waals surface area contributed by atoms with E-state index in [1.165, 1.54) is 0 Å². The fourth-order valence-electron chi connectivity index (χ4n) is 1.37. The number of hydrogen-bond donors (Lipinski definition) is 3. The molecule has 0 radical (unpaired) electrons. The smallest absolute Gasteiger partial charge is 0.0779 e. The maximum atomic E-state index is 9.76. The number of hydrogen-bond acceptors (Lipinski definition) is 3. The van der Waals surface area contributed by atoms with Gasteiger partial charge in [0, 0.05) is 6.54 Å². The predicted octanol–water partition coefficient (Wildman–Crippen LogP) is 0.421. The van der Waals surface area contributed by atoms with Gasteiger partial charge < -0.3 is 10.4 Å². The van der Waals surface area contributed by atoms with Crippen molar-refractivity contribution in [2.75, 3.05) is 18.8 Å². The van der Waals surface area contributed by atoms with Gasteiger partial charge in [0.25, 0.3) is 0 Å². The van der Waals surface area contributed by atoms with Crippen LogP contribution in [-0.2, 0) is 0 Å². The first-order valence-electron chi connectivity index (χ1n) is 3.81. The molecular weight excluding hydrogens is 146 g/mol. The van der Waals surface area contributed by atoms with E-state index in [2.05, 4.69) is 17.9 Å². The largest absolute Gasteiger partial charge is 0.389 e. The zero-order valence-corrected chi connectivity index (χ0v) is 7.03. The molecule has 2 N–H and O–H groups in total. The third-order valence-corrected chi connectivity index (χ3v) is 2.25. The lowest BCUT2D eigenvalue weighted by atomic mass is 9.92. The van der Waals surface area contributed by atoms with Gasteiger partial charge in [-0.1, -0.05) is 0 Å². The lowest BCUT2D eigenvalue weighted by molar-refractivity contribution is 0.0142. The first kappa shape index (κ1) is 8.37. The van der Waals surface area contributed by atoms with E-state index >= 15 is 0 Å². The molecule has 1 saturated heterocycles. The Morgan fingerprint density at radius 1 is 1.60 bits per heavy atom. The highest BCUT2D eigenvalue weighted by atomic mass is 32.1. The van der Waals surface area contributed by atoms with Crippen LogP contribution in [0.4, 0.5) is 0 Å². The average molecular weight is 161 g/mol. The number of piperidine rings is 1. The first-order chi connectivity index (χ1) is 4.77. The van der Waals surface area contributed by atoms with E-state index in [-0.39, 0.29) is 0 Å². The number of thiol groups is 1. The van der Waals surface area contributed by atoms with Crippen LogP contribution >= 0.6 is 12.6 Å². The molecule has 1 fully saturated rings. The standard InChI is InChI=1S/C7H15NOS/c9-7(3-5-10)2-1-4-8-6-7/h8-10H,1-6H2. The van der Waals surface area contributed by atoms with E-state index in [1.54, 1.807) is 0 Å². The van der Waals surface area contributed by atoms with Crippen LogP contribution in [-0.4, -0.2) is 29.5 Å². The third-order valence-electron chi connectivity index (χ3n) is 2.03. The maximum absolute atomic E-state index is 9.76. The van der Waals surface area contributed by atoms with Crippen molar-refractivity contribution in [3.8, 4) is 0 Å². The molecule has 60 valence electrons. The second-order valence-electron chi connectivity index (χ2n) is 2.98. The van der Waals surface area contributed by atoms with Gasteiger partial charge in [-0.15, -0.1) is 0 Å². The summed E-state index contributed by atoms with van der Waals surface area (Å²) in [6.07, 6.45) is 2.83. The molecule has 10 heavy (non-hydrogen) atoms. The summed E-state index contributed by atoms with van der Waals surface area (Å²) in [6, 6.07) is 0. The molecule has 0 spiro atoms. The summed E-state index contributed by atoms with van der Waals surface area (Å²) < 4.78 is 0. The van der Waals surface area contributed by atoms with Crippen molar-refractivity contribution in [2.45, 2.75) is 24.9 Å². The van der Waals surface area contributed by atoms with Gasteiger partial charge in [-0.25, -0.2) is 0 Å². The van der Waals surface area contributed by atoms with E-state index in [4.69, 9.17) is 0 Å². The maximum Gasteiger partial charge on any atom is 0.0779 e. The Labute approximate surface area is 67.4 Å². The number of nitrogens with one attached hydrogen (secondary N) is 1. The summed E-state index contributed by atoms with van der Waals surface area (Å²) in [4.78, 5) is 0. The van der Waals surface area contributed by atoms with Crippen LogP contribution in [0, 0.1) is 0 Å². The van der Waals surface area contributed by atoms with E-state index in [0.717, 1.165) is 38.1 Å². The van der Waals surface area contributed by atoms with E-state index in [1.807, 2.05) is 0 Å². The molecule has 2 nitrogen and oxygen atoms in total. The minimum atomic E-state index is -0.458. The summed E-state index contributed by atoms with van der Waals surface area (Å²) in [5, 5.41) is 12.9. The summed E-state index contributed by atoms with van der Waals surface area (Å²) in [5.41, 5.74) is -0.458. The number of aliphatic hydroxyl groups is 1. The summed E-state index contributed by atoms with van der Waals surface area (Å²) in [6.45, 7) is 1.79. The van der Waals surface area contributed by atoms with Crippen molar-refractivity contribution < 1.29 is 5.11 Å². The van der Waals surface area contributed by atoms with Gasteiger partial charge in [0.2, 0.25) is 0 Å². The second kappa shape index (κ2) is 3.60. The molecule has 1 rings (SSSR count).